The molecule has 1 amide bonds. The average Bonchev–Trinajstić information content (AvgIpc) is 2.54. The summed E-state index contributed by atoms with van der Waals surface area (Å²) < 4.78 is 1.35. The lowest BCUT2D eigenvalue weighted by atomic mass is 10.2. The molecule has 1 aromatic carbocycles. The molecule has 2 aromatic heterocycles. The fourth-order valence-corrected chi connectivity index (χ4v) is 2.53. The summed E-state index contributed by atoms with van der Waals surface area (Å²) in [5, 5.41) is 4.05. The Morgan fingerprint density at radius 2 is 1.96 bits per heavy atom. The van der Waals surface area contributed by atoms with Gasteiger partial charge in [0.15, 0.2) is 0 Å². The number of hydrogen-bond acceptors (Lipinski definition) is 3. The normalized spacial score (nSPS) is 10.7. The minimum atomic E-state index is -0.519. The van der Waals surface area contributed by atoms with E-state index in [1.807, 2.05) is 0 Å². The monoisotopic (exact) mass is 347 g/mol. The molecule has 0 bridgehead atoms. The molecule has 0 saturated carbocycles. The van der Waals surface area contributed by atoms with Crippen LogP contribution < -0.4 is 10.9 Å². The van der Waals surface area contributed by atoms with E-state index in [1.165, 1.54) is 16.7 Å². The molecule has 2 heterocycles. The molecule has 1 N–H and O–H groups in total. The highest BCUT2D eigenvalue weighted by atomic mass is 35.5. The molecular weight excluding hydrogens is 337 g/mol. The zero-order valence-electron chi connectivity index (χ0n) is 12.0. The molecule has 0 fully saturated rings. The number of amides is 1. The Morgan fingerprint density at radius 3 is 2.70 bits per heavy atom. The molecule has 23 heavy (non-hydrogen) atoms. The van der Waals surface area contributed by atoms with E-state index in [0.717, 1.165) is 0 Å². The number of nitrogens with one attached hydrogen (secondary N) is 1. The van der Waals surface area contributed by atoms with Crippen LogP contribution in [0.15, 0.2) is 47.4 Å². The van der Waals surface area contributed by atoms with Crippen molar-refractivity contribution in [3.8, 4) is 0 Å². The van der Waals surface area contributed by atoms with Gasteiger partial charge in [0.05, 0.1) is 10.0 Å². The minimum absolute atomic E-state index is 0.0269. The number of carbonyl (C=O) groups is 1. The first-order valence-corrected chi connectivity index (χ1v) is 7.44. The van der Waals surface area contributed by atoms with E-state index < -0.39 is 11.5 Å². The largest absolute Gasteiger partial charge is 0.322 e. The first-order chi connectivity index (χ1) is 11.0. The van der Waals surface area contributed by atoms with Gasteiger partial charge in [-0.1, -0.05) is 23.2 Å². The van der Waals surface area contributed by atoms with Crippen molar-refractivity contribution >= 4 is 45.8 Å². The lowest BCUT2D eigenvalue weighted by Crippen LogP contribution is -2.28. The summed E-state index contributed by atoms with van der Waals surface area (Å²) in [5.74, 6) is -0.519. The van der Waals surface area contributed by atoms with Crippen LogP contribution in [0.5, 0.6) is 0 Å². The Morgan fingerprint density at radius 1 is 1.17 bits per heavy atom. The minimum Gasteiger partial charge on any atom is -0.322 e. The molecule has 0 atom stereocenters. The van der Waals surface area contributed by atoms with E-state index in [0.29, 0.717) is 26.8 Å². The number of benzene rings is 1. The van der Waals surface area contributed by atoms with Gasteiger partial charge < -0.3 is 5.32 Å². The molecule has 0 radical (unpaired) electrons. The Bertz CT molecular complexity index is 983. The Kier molecular flexibility index (Phi) is 4.07. The van der Waals surface area contributed by atoms with Crippen LogP contribution in [0.1, 0.15) is 10.4 Å². The van der Waals surface area contributed by atoms with Crippen LogP contribution in [-0.2, 0) is 7.05 Å². The number of carbonyl (C=O) groups excluding carboxylic acids is 1. The van der Waals surface area contributed by atoms with Gasteiger partial charge in [-0.3, -0.25) is 14.2 Å². The number of pyridine rings is 2. The number of aromatic nitrogens is 2. The smallest absolute Gasteiger partial charge is 0.264 e. The third kappa shape index (κ3) is 2.93. The predicted octanol–water partition coefficient (Wildman–Crippen LogP) is 3.49. The number of fused-ring (bicyclic) bond motifs is 1. The molecule has 0 aliphatic rings. The van der Waals surface area contributed by atoms with Gasteiger partial charge in [-0.05, 0) is 36.4 Å². The zero-order valence-corrected chi connectivity index (χ0v) is 13.5. The van der Waals surface area contributed by atoms with Crippen LogP contribution in [0.25, 0.3) is 11.0 Å². The second-order valence-electron chi connectivity index (χ2n) is 4.92. The summed E-state index contributed by atoms with van der Waals surface area (Å²) in [6.07, 6.45) is 1.59. The number of halogens is 2. The van der Waals surface area contributed by atoms with Crippen molar-refractivity contribution in [1.82, 2.24) is 9.55 Å². The van der Waals surface area contributed by atoms with Gasteiger partial charge in [0.1, 0.15) is 11.2 Å². The van der Waals surface area contributed by atoms with E-state index in [-0.39, 0.29) is 5.56 Å². The van der Waals surface area contributed by atoms with Crippen molar-refractivity contribution < 1.29 is 4.79 Å². The van der Waals surface area contributed by atoms with Crippen molar-refractivity contribution in [3.63, 3.8) is 0 Å². The molecule has 3 aromatic rings. The summed E-state index contributed by atoms with van der Waals surface area (Å²) in [7, 11) is 1.58. The second-order valence-corrected chi connectivity index (χ2v) is 5.74. The molecule has 116 valence electrons. The highest BCUT2D eigenvalue weighted by molar-refractivity contribution is 6.42. The molecule has 0 aliphatic carbocycles. The van der Waals surface area contributed by atoms with Gasteiger partial charge in [0.2, 0.25) is 0 Å². The topological polar surface area (TPSA) is 64.0 Å². The van der Waals surface area contributed by atoms with E-state index in [4.69, 9.17) is 23.2 Å². The van der Waals surface area contributed by atoms with E-state index in [2.05, 4.69) is 10.3 Å². The molecule has 0 saturated heterocycles. The molecule has 7 heteroatoms. The van der Waals surface area contributed by atoms with E-state index in [1.54, 1.807) is 37.5 Å². The molecular formula is C16H11Cl2N3O2. The highest BCUT2D eigenvalue weighted by Crippen LogP contribution is 2.25. The summed E-state index contributed by atoms with van der Waals surface area (Å²) >= 11 is 11.8. The Balaban J connectivity index is 2.02. The summed E-state index contributed by atoms with van der Waals surface area (Å²) in [6.45, 7) is 0. The molecule has 3 rings (SSSR count). The SMILES string of the molecule is Cn1c(=O)c(C(=O)Nc2ccc(Cl)c(Cl)c2)cc2cccnc21. The van der Waals surface area contributed by atoms with Gasteiger partial charge in [0, 0.05) is 24.3 Å². The van der Waals surface area contributed by atoms with Crippen LogP contribution in [0.4, 0.5) is 5.69 Å². The van der Waals surface area contributed by atoms with Crippen molar-refractivity contribution in [2.75, 3.05) is 5.32 Å². The summed E-state index contributed by atoms with van der Waals surface area (Å²) in [4.78, 5) is 28.9. The highest BCUT2D eigenvalue weighted by Gasteiger charge is 2.15. The quantitative estimate of drug-likeness (QED) is 0.771. The van der Waals surface area contributed by atoms with Crippen LogP contribution in [-0.4, -0.2) is 15.5 Å². The standard InChI is InChI=1S/C16H11Cl2N3O2/c1-21-14-9(3-2-6-19-14)7-11(16(21)23)15(22)20-10-4-5-12(17)13(18)8-10/h2-8H,1H3,(H,20,22). The number of nitrogens with zero attached hydrogens (tertiary/aromatic N) is 2. The van der Waals surface area contributed by atoms with E-state index in [9.17, 15) is 9.59 Å². The first-order valence-electron chi connectivity index (χ1n) is 6.68. The van der Waals surface area contributed by atoms with Crippen LogP contribution in [0.3, 0.4) is 0 Å². The fraction of sp³-hybridized carbons (Fsp3) is 0.0625. The average molecular weight is 348 g/mol. The number of aryl methyl sites for hydroxylation is 1. The zero-order chi connectivity index (χ0) is 16.6. The van der Waals surface area contributed by atoms with Gasteiger partial charge in [-0.2, -0.15) is 0 Å². The van der Waals surface area contributed by atoms with Crippen molar-refractivity contribution in [2.45, 2.75) is 0 Å². The van der Waals surface area contributed by atoms with Gasteiger partial charge in [0.25, 0.3) is 11.5 Å². The third-order valence-corrected chi connectivity index (χ3v) is 4.13. The lowest BCUT2D eigenvalue weighted by Gasteiger charge is -2.09. The molecule has 0 aliphatic heterocycles. The lowest BCUT2D eigenvalue weighted by molar-refractivity contribution is 0.102. The van der Waals surface area contributed by atoms with Crippen LogP contribution in [0.2, 0.25) is 10.0 Å². The Hall–Kier alpha value is -2.37. The Labute approximate surface area is 141 Å². The maximum atomic E-state index is 12.4. The van der Waals surface area contributed by atoms with Gasteiger partial charge in [-0.25, -0.2) is 4.98 Å². The predicted molar refractivity (Wildman–Crippen MR) is 91.4 cm³/mol. The first kappa shape index (κ1) is 15.5. The van der Waals surface area contributed by atoms with Gasteiger partial charge >= 0.3 is 0 Å². The van der Waals surface area contributed by atoms with Crippen molar-refractivity contribution in [3.05, 3.63) is 68.6 Å². The van der Waals surface area contributed by atoms with Crippen LogP contribution in [0, 0.1) is 0 Å². The molecule has 5 nitrogen and oxygen atoms in total. The second kappa shape index (κ2) is 6.02. The van der Waals surface area contributed by atoms with Crippen LogP contribution >= 0.6 is 23.2 Å². The maximum Gasteiger partial charge on any atom is 0.264 e. The maximum absolute atomic E-state index is 12.4. The number of hydrogen-bond donors (Lipinski definition) is 1. The molecule has 0 unspecified atom stereocenters. The molecule has 0 spiro atoms. The summed E-state index contributed by atoms with van der Waals surface area (Å²) in [6, 6.07) is 9.76. The summed E-state index contributed by atoms with van der Waals surface area (Å²) in [5.41, 5.74) is 0.578. The fourth-order valence-electron chi connectivity index (χ4n) is 2.23. The van der Waals surface area contributed by atoms with Crippen molar-refractivity contribution in [1.29, 1.82) is 0 Å². The third-order valence-electron chi connectivity index (χ3n) is 3.39. The van der Waals surface area contributed by atoms with Gasteiger partial charge in [-0.15, -0.1) is 0 Å². The number of anilines is 1. The van der Waals surface area contributed by atoms with E-state index >= 15 is 0 Å². The number of rotatable bonds is 2. The van der Waals surface area contributed by atoms with Crippen molar-refractivity contribution in [2.24, 2.45) is 7.05 Å².